The van der Waals surface area contributed by atoms with Gasteiger partial charge in [0, 0.05) is 18.2 Å². The summed E-state index contributed by atoms with van der Waals surface area (Å²) in [5, 5.41) is 10.5. The van der Waals surface area contributed by atoms with Gasteiger partial charge in [-0.15, -0.1) is 0 Å². The van der Waals surface area contributed by atoms with Crippen molar-refractivity contribution in [2.45, 2.75) is 44.8 Å². The molecular formula is C16H25NO2. The molecular weight excluding hydrogens is 238 g/mol. The van der Waals surface area contributed by atoms with Crippen molar-refractivity contribution < 1.29 is 9.84 Å². The lowest BCUT2D eigenvalue weighted by atomic mass is 9.98. The number of β-amino-alcohol motifs (C(OH)–C–C–N with tert-alkyl or cyclic N) is 1. The molecule has 0 amide bonds. The minimum Gasteiger partial charge on any atom is -0.496 e. The monoisotopic (exact) mass is 263 g/mol. The number of methoxy groups -OCH3 is 1. The number of ether oxygens (including phenoxy) is 1. The number of benzene rings is 1. The topological polar surface area (TPSA) is 32.7 Å². The lowest BCUT2D eigenvalue weighted by Gasteiger charge is -2.36. The molecule has 1 saturated heterocycles. The van der Waals surface area contributed by atoms with Gasteiger partial charge in [-0.3, -0.25) is 4.90 Å². The first-order chi connectivity index (χ1) is 9.26. The van der Waals surface area contributed by atoms with E-state index < -0.39 is 6.10 Å². The third-order valence-electron chi connectivity index (χ3n) is 4.13. The van der Waals surface area contributed by atoms with Crippen LogP contribution in [0.4, 0.5) is 0 Å². The van der Waals surface area contributed by atoms with E-state index in [0.29, 0.717) is 12.6 Å². The lowest BCUT2D eigenvalue weighted by Crippen LogP contribution is -2.41. The van der Waals surface area contributed by atoms with E-state index >= 15 is 0 Å². The van der Waals surface area contributed by atoms with Gasteiger partial charge in [0.05, 0.1) is 13.2 Å². The summed E-state index contributed by atoms with van der Waals surface area (Å²) in [4.78, 5) is 2.43. The fourth-order valence-electron chi connectivity index (χ4n) is 3.02. The Morgan fingerprint density at radius 2 is 2.16 bits per heavy atom. The van der Waals surface area contributed by atoms with Gasteiger partial charge < -0.3 is 9.84 Å². The van der Waals surface area contributed by atoms with Gasteiger partial charge in [-0.05, 0) is 31.9 Å². The second-order valence-electron chi connectivity index (χ2n) is 5.31. The van der Waals surface area contributed by atoms with E-state index in [1.807, 2.05) is 24.3 Å². The van der Waals surface area contributed by atoms with E-state index in [4.69, 9.17) is 4.74 Å². The first-order valence-corrected chi connectivity index (χ1v) is 7.31. The van der Waals surface area contributed by atoms with Gasteiger partial charge in [0.2, 0.25) is 0 Å². The van der Waals surface area contributed by atoms with Crippen molar-refractivity contribution in [2.75, 3.05) is 20.2 Å². The van der Waals surface area contributed by atoms with E-state index in [9.17, 15) is 5.11 Å². The molecule has 2 unspecified atom stereocenters. The van der Waals surface area contributed by atoms with Crippen molar-refractivity contribution in [3.05, 3.63) is 29.8 Å². The number of aliphatic hydroxyl groups is 1. The van der Waals surface area contributed by atoms with Crippen molar-refractivity contribution in [3.63, 3.8) is 0 Å². The van der Waals surface area contributed by atoms with Crippen molar-refractivity contribution in [1.29, 1.82) is 0 Å². The highest BCUT2D eigenvalue weighted by Crippen LogP contribution is 2.28. The fraction of sp³-hybridized carbons (Fsp3) is 0.625. The zero-order valence-electron chi connectivity index (χ0n) is 12.0. The maximum absolute atomic E-state index is 10.5. The standard InChI is InChI=1S/C16H25NO2/c1-3-13-8-6-7-11-17(13)12-15(18)14-9-4-5-10-16(14)19-2/h4-5,9-10,13,15,18H,3,6-8,11-12H2,1-2H3. The normalized spacial score (nSPS) is 22.2. The van der Waals surface area contributed by atoms with Crippen molar-refractivity contribution in [3.8, 4) is 5.75 Å². The molecule has 0 aliphatic carbocycles. The van der Waals surface area contributed by atoms with E-state index in [2.05, 4.69) is 11.8 Å². The zero-order valence-corrected chi connectivity index (χ0v) is 12.0. The van der Waals surface area contributed by atoms with Crippen LogP contribution >= 0.6 is 0 Å². The lowest BCUT2D eigenvalue weighted by molar-refractivity contribution is 0.0643. The second-order valence-corrected chi connectivity index (χ2v) is 5.31. The molecule has 0 spiro atoms. The van der Waals surface area contributed by atoms with Crippen molar-refractivity contribution in [1.82, 2.24) is 4.90 Å². The summed E-state index contributed by atoms with van der Waals surface area (Å²) in [5.41, 5.74) is 0.894. The highest BCUT2D eigenvalue weighted by molar-refractivity contribution is 5.35. The van der Waals surface area contributed by atoms with Crippen LogP contribution in [-0.4, -0.2) is 36.2 Å². The van der Waals surface area contributed by atoms with E-state index in [1.54, 1.807) is 7.11 Å². The van der Waals surface area contributed by atoms with E-state index in [1.165, 1.54) is 25.7 Å². The largest absolute Gasteiger partial charge is 0.496 e. The molecule has 0 aromatic heterocycles. The third-order valence-corrected chi connectivity index (χ3v) is 4.13. The predicted octanol–water partition coefficient (Wildman–Crippen LogP) is 2.99. The van der Waals surface area contributed by atoms with E-state index in [-0.39, 0.29) is 0 Å². The number of nitrogens with zero attached hydrogens (tertiary/aromatic N) is 1. The van der Waals surface area contributed by atoms with Gasteiger partial charge in [-0.1, -0.05) is 31.5 Å². The Kier molecular flexibility index (Phi) is 5.23. The first kappa shape index (κ1) is 14.4. The maximum Gasteiger partial charge on any atom is 0.124 e. The molecule has 1 aliphatic rings. The SMILES string of the molecule is CCC1CCCCN1CC(O)c1ccccc1OC. The van der Waals surface area contributed by atoms with Crippen LogP contribution in [0.1, 0.15) is 44.3 Å². The van der Waals surface area contributed by atoms with Gasteiger partial charge in [-0.25, -0.2) is 0 Å². The molecule has 0 radical (unpaired) electrons. The van der Waals surface area contributed by atoms with Crippen molar-refractivity contribution >= 4 is 0 Å². The molecule has 1 aliphatic heterocycles. The minimum absolute atomic E-state index is 0.469. The van der Waals surface area contributed by atoms with Crippen LogP contribution in [0.15, 0.2) is 24.3 Å². The summed E-state index contributed by atoms with van der Waals surface area (Å²) in [5.74, 6) is 0.778. The molecule has 19 heavy (non-hydrogen) atoms. The van der Waals surface area contributed by atoms with Gasteiger partial charge >= 0.3 is 0 Å². The molecule has 2 atom stereocenters. The average molecular weight is 263 g/mol. The number of aliphatic hydroxyl groups excluding tert-OH is 1. The number of rotatable bonds is 5. The number of likely N-dealkylation sites (tertiary alicyclic amines) is 1. The smallest absolute Gasteiger partial charge is 0.124 e. The summed E-state index contributed by atoms with van der Waals surface area (Å²) in [7, 11) is 1.65. The Hall–Kier alpha value is -1.06. The quantitative estimate of drug-likeness (QED) is 0.886. The molecule has 1 heterocycles. The summed E-state index contributed by atoms with van der Waals surface area (Å²) in [6, 6.07) is 8.37. The molecule has 3 heteroatoms. The van der Waals surface area contributed by atoms with Crippen LogP contribution in [0, 0.1) is 0 Å². The fourth-order valence-corrected chi connectivity index (χ4v) is 3.02. The molecule has 1 fully saturated rings. The number of hydrogen-bond acceptors (Lipinski definition) is 3. The molecule has 3 nitrogen and oxygen atoms in total. The Morgan fingerprint density at radius 1 is 1.37 bits per heavy atom. The van der Waals surface area contributed by atoms with Gasteiger partial charge in [-0.2, -0.15) is 0 Å². The summed E-state index contributed by atoms with van der Waals surface area (Å²) < 4.78 is 5.33. The third kappa shape index (κ3) is 3.48. The minimum atomic E-state index is -0.469. The maximum atomic E-state index is 10.5. The van der Waals surface area contributed by atoms with Gasteiger partial charge in [0.1, 0.15) is 5.75 Å². The molecule has 1 N–H and O–H groups in total. The van der Waals surface area contributed by atoms with Crippen LogP contribution in [0.3, 0.4) is 0 Å². The first-order valence-electron chi connectivity index (χ1n) is 7.31. The van der Waals surface area contributed by atoms with Gasteiger partial charge in [0.25, 0.3) is 0 Å². The molecule has 106 valence electrons. The number of para-hydroxylation sites is 1. The van der Waals surface area contributed by atoms with Crippen LogP contribution in [0.25, 0.3) is 0 Å². The Morgan fingerprint density at radius 3 is 2.89 bits per heavy atom. The Bertz CT molecular complexity index is 394. The summed E-state index contributed by atoms with van der Waals surface area (Å²) in [6.07, 6.45) is 4.52. The number of hydrogen-bond donors (Lipinski definition) is 1. The van der Waals surface area contributed by atoms with E-state index in [0.717, 1.165) is 17.9 Å². The Labute approximate surface area is 116 Å². The summed E-state index contributed by atoms with van der Waals surface area (Å²) >= 11 is 0. The average Bonchev–Trinajstić information content (AvgIpc) is 2.47. The number of piperidine rings is 1. The van der Waals surface area contributed by atoms with Crippen LogP contribution in [-0.2, 0) is 0 Å². The van der Waals surface area contributed by atoms with Crippen LogP contribution in [0.2, 0.25) is 0 Å². The zero-order chi connectivity index (χ0) is 13.7. The highest BCUT2D eigenvalue weighted by Gasteiger charge is 2.24. The predicted molar refractivity (Wildman–Crippen MR) is 77.5 cm³/mol. The molecule has 1 aromatic rings. The van der Waals surface area contributed by atoms with Crippen molar-refractivity contribution in [2.24, 2.45) is 0 Å². The summed E-state index contributed by atoms with van der Waals surface area (Å²) in [6.45, 7) is 4.04. The highest BCUT2D eigenvalue weighted by atomic mass is 16.5. The molecule has 1 aromatic carbocycles. The van der Waals surface area contributed by atoms with Crippen LogP contribution < -0.4 is 4.74 Å². The Balaban J connectivity index is 2.05. The molecule has 0 saturated carbocycles. The molecule has 2 rings (SSSR count). The molecule has 0 bridgehead atoms. The second kappa shape index (κ2) is 6.92. The van der Waals surface area contributed by atoms with Gasteiger partial charge in [0.15, 0.2) is 0 Å². The van der Waals surface area contributed by atoms with Crippen LogP contribution in [0.5, 0.6) is 5.75 Å².